The number of imidazole rings is 1. The fourth-order valence-electron chi connectivity index (χ4n) is 1.73. The second kappa shape index (κ2) is 6.10. The Balaban J connectivity index is 2.03. The molecule has 0 radical (unpaired) electrons. The summed E-state index contributed by atoms with van der Waals surface area (Å²) in [4.78, 5) is 26.6. The lowest BCUT2D eigenvalue weighted by Gasteiger charge is -2.10. The molecular formula is C12H17N3O3S. The van der Waals surface area contributed by atoms with Crippen molar-refractivity contribution in [1.82, 2.24) is 14.9 Å². The molecule has 1 aromatic rings. The Bertz CT molecular complexity index is 483. The molecule has 0 saturated heterocycles. The summed E-state index contributed by atoms with van der Waals surface area (Å²) in [5, 5.41) is 12.2. The number of carboxylic acid groups (broad SMARTS) is 1. The SMILES string of the molecule is CCc1cnc(SCC(=O)O)n1CC(=O)NC1CC1. The highest BCUT2D eigenvalue weighted by Crippen LogP contribution is 2.21. The van der Waals surface area contributed by atoms with Crippen molar-refractivity contribution in [3.8, 4) is 0 Å². The van der Waals surface area contributed by atoms with E-state index in [0.717, 1.165) is 36.7 Å². The molecule has 1 fully saturated rings. The Hall–Kier alpha value is -1.50. The lowest BCUT2D eigenvalue weighted by Crippen LogP contribution is -2.30. The summed E-state index contributed by atoms with van der Waals surface area (Å²) >= 11 is 1.14. The van der Waals surface area contributed by atoms with Crippen molar-refractivity contribution in [3.63, 3.8) is 0 Å². The first kappa shape index (κ1) is 13.9. The number of carbonyl (C=O) groups excluding carboxylic acids is 1. The smallest absolute Gasteiger partial charge is 0.313 e. The zero-order valence-electron chi connectivity index (χ0n) is 10.8. The van der Waals surface area contributed by atoms with Crippen molar-refractivity contribution < 1.29 is 14.7 Å². The van der Waals surface area contributed by atoms with E-state index < -0.39 is 5.97 Å². The molecule has 1 heterocycles. The predicted molar refractivity (Wildman–Crippen MR) is 71.1 cm³/mol. The Morgan fingerprint density at radius 2 is 2.32 bits per heavy atom. The van der Waals surface area contributed by atoms with Gasteiger partial charge in [0, 0.05) is 17.9 Å². The minimum Gasteiger partial charge on any atom is -0.481 e. The molecule has 1 saturated carbocycles. The number of nitrogens with one attached hydrogen (secondary N) is 1. The van der Waals surface area contributed by atoms with Crippen LogP contribution in [0.25, 0.3) is 0 Å². The Morgan fingerprint density at radius 3 is 2.89 bits per heavy atom. The molecule has 1 aliphatic carbocycles. The van der Waals surface area contributed by atoms with Gasteiger partial charge < -0.3 is 15.0 Å². The summed E-state index contributed by atoms with van der Waals surface area (Å²) in [5.41, 5.74) is 0.943. The fraction of sp³-hybridized carbons (Fsp3) is 0.583. The molecule has 6 nitrogen and oxygen atoms in total. The molecule has 7 heteroatoms. The number of hydrogen-bond acceptors (Lipinski definition) is 4. The number of carboxylic acids is 1. The van der Waals surface area contributed by atoms with Crippen LogP contribution in [0.15, 0.2) is 11.4 Å². The average Bonchev–Trinajstić information content (AvgIpc) is 3.07. The van der Waals surface area contributed by atoms with Gasteiger partial charge in [0.1, 0.15) is 6.54 Å². The van der Waals surface area contributed by atoms with Gasteiger partial charge >= 0.3 is 5.97 Å². The molecule has 2 rings (SSSR count). The fourth-order valence-corrected chi connectivity index (χ4v) is 2.45. The van der Waals surface area contributed by atoms with Gasteiger partial charge in [0.25, 0.3) is 0 Å². The summed E-state index contributed by atoms with van der Waals surface area (Å²) in [6.07, 6.45) is 4.57. The maximum Gasteiger partial charge on any atom is 0.313 e. The van der Waals surface area contributed by atoms with Crippen molar-refractivity contribution in [2.24, 2.45) is 0 Å². The number of carbonyl (C=O) groups is 2. The van der Waals surface area contributed by atoms with E-state index in [0.29, 0.717) is 11.2 Å². The number of aryl methyl sites for hydroxylation is 1. The van der Waals surface area contributed by atoms with E-state index >= 15 is 0 Å². The van der Waals surface area contributed by atoms with Gasteiger partial charge in [0.2, 0.25) is 5.91 Å². The van der Waals surface area contributed by atoms with E-state index in [2.05, 4.69) is 10.3 Å². The lowest BCUT2D eigenvalue weighted by molar-refractivity contribution is -0.133. The van der Waals surface area contributed by atoms with Crippen LogP contribution in [0.2, 0.25) is 0 Å². The van der Waals surface area contributed by atoms with Crippen molar-refractivity contribution >= 4 is 23.6 Å². The maximum absolute atomic E-state index is 11.8. The van der Waals surface area contributed by atoms with Crippen LogP contribution < -0.4 is 5.32 Å². The number of hydrogen-bond donors (Lipinski definition) is 2. The average molecular weight is 283 g/mol. The maximum atomic E-state index is 11.8. The van der Waals surface area contributed by atoms with Crippen LogP contribution in [0.3, 0.4) is 0 Å². The molecule has 0 spiro atoms. The van der Waals surface area contributed by atoms with Crippen molar-refractivity contribution in [1.29, 1.82) is 0 Å². The molecule has 19 heavy (non-hydrogen) atoms. The minimum absolute atomic E-state index is 0.0348. The zero-order valence-corrected chi connectivity index (χ0v) is 11.6. The third-order valence-corrected chi connectivity index (χ3v) is 3.81. The molecular weight excluding hydrogens is 266 g/mol. The highest BCUT2D eigenvalue weighted by Gasteiger charge is 2.24. The monoisotopic (exact) mass is 283 g/mol. The van der Waals surface area contributed by atoms with Gasteiger partial charge in [0.05, 0.1) is 5.75 Å². The minimum atomic E-state index is -0.889. The van der Waals surface area contributed by atoms with Crippen LogP contribution in [0.1, 0.15) is 25.5 Å². The highest BCUT2D eigenvalue weighted by molar-refractivity contribution is 7.99. The molecule has 1 aliphatic rings. The van der Waals surface area contributed by atoms with Crippen LogP contribution in [-0.4, -0.2) is 38.3 Å². The van der Waals surface area contributed by atoms with Crippen LogP contribution >= 0.6 is 11.8 Å². The molecule has 104 valence electrons. The van der Waals surface area contributed by atoms with Crippen molar-refractivity contribution in [3.05, 3.63) is 11.9 Å². The van der Waals surface area contributed by atoms with Gasteiger partial charge in [-0.25, -0.2) is 4.98 Å². The number of amides is 1. The Labute approximate surface area is 115 Å². The lowest BCUT2D eigenvalue weighted by atomic mass is 10.3. The van der Waals surface area contributed by atoms with Crippen LogP contribution in [0.4, 0.5) is 0 Å². The first-order valence-electron chi connectivity index (χ1n) is 6.28. The van der Waals surface area contributed by atoms with Gasteiger partial charge in [-0.2, -0.15) is 0 Å². The van der Waals surface area contributed by atoms with Crippen LogP contribution in [0, 0.1) is 0 Å². The number of thioether (sulfide) groups is 1. The van der Waals surface area contributed by atoms with E-state index in [1.807, 2.05) is 6.92 Å². The molecule has 0 aromatic carbocycles. The first-order chi connectivity index (χ1) is 9.10. The van der Waals surface area contributed by atoms with Gasteiger partial charge in [-0.05, 0) is 19.3 Å². The summed E-state index contributed by atoms with van der Waals surface area (Å²) in [5.74, 6) is -0.975. The molecule has 0 bridgehead atoms. The van der Waals surface area contributed by atoms with Crippen LogP contribution in [-0.2, 0) is 22.6 Å². The molecule has 2 N–H and O–H groups in total. The third-order valence-electron chi connectivity index (χ3n) is 2.83. The summed E-state index contributed by atoms with van der Waals surface area (Å²) < 4.78 is 1.80. The van der Waals surface area contributed by atoms with E-state index in [4.69, 9.17) is 5.11 Å². The summed E-state index contributed by atoms with van der Waals surface area (Å²) in [6.45, 7) is 2.19. The standard InChI is InChI=1S/C12H17N3O3S/c1-2-9-5-13-12(19-7-11(17)18)15(9)6-10(16)14-8-3-4-8/h5,8H,2-4,6-7H2,1H3,(H,14,16)(H,17,18). The quantitative estimate of drug-likeness (QED) is 0.726. The Kier molecular flexibility index (Phi) is 4.47. The first-order valence-corrected chi connectivity index (χ1v) is 7.27. The summed E-state index contributed by atoms with van der Waals surface area (Å²) in [6, 6.07) is 0.330. The molecule has 0 aliphatic heterocycles. The van der Waals surface area contributed by atoms with Crippen molar-refractivity contribution in [2.75, 3.05) is 5.75 Å². The van der Waals surface area contributed by atoms with E-state index in [9.17, 15) is 9.59 Å². The van der Waals surface area contributed by atoms with E-state index in [-0.39, 0.29) is 18.2 Å². The van der Waals surface area contributed by atoms with Gasteiger partial charge in [0.15, 0.2) is 5.16 Å². The van der Waals surface area contributed by atoms with Gasteiger partial charge in [-0.1, -0.05) is 18.7 Å². The normalized spacial score (nSPS) is 14.4. The third kappa shape index (κ3) is 3.99. The number of aliphatic carboxylic acids is 1. The number of nitrogens with zero attached hydrogens (tertiary/aromatic N) is 2. The van der Waals surface area contributed by atoms with E-state index in [1.165, 1.54) is 0 Å². The zero-order chi connectivity index (χ0) is 13.8. The topological polar surface area (TPSA) is 84.2 Å². The van der Waals surface area contributed by atoms with E-state index in [1.54, 1.807) is 10.8 Å². The van der Waals surface area contributed by atoms with Crippen molar-refractivity contribution in [2.45, 2.75) is 43.9 Å². The number of rotatable bonds is 7. The molecule has 1 amide bonds. The second-order valence-corrected chi connectivity index (χ2v) is 5.44. The summed E-state index contributed by atoms with van der Waals surface area (Å²) in [7, 11) is 0. The highest BCUT2D eigenvalue weighted by atomic mass is 32.2. The molecule has 0 unspecified atom stereocenters. The number of aromatic nitrogens is 2. The largest absolute Gasteiger partial charge is 0.481 e. The van der Waals surface area contributed by atoms with Gasteiger partial charge in [-0.15, -0.1) is 0 Å². The molecule has 1 aromatic heterocycles. The second-order valence-electron chi connectivity index (χ2n) is 4.50. The predicted octanol–water partition coefficient (Wildman–Crippen LogP) is 0.901. The molecule has 0 atom stereocenters. The Morgan fingerprint density at radius 1 is 1.58 bits per heavy atom. The van der Waals surface area contributed by atoms with Crippen LogP contribution in [0.5, 0.6) is 0 Å². The van der Waals surface area contributed by atoms with Gasteiger partial charge in [-0.3, -0.25) is 9.59 Å².